The highest BCUT2D eigenvalue weighted by Gasteiger charge is 2.22. The molecule has 5 heteroatoms. The van der Waals surface area contributed by atoms with Crippen LogP contribution in [0.3, 0.4) is 0 Å². The highest BCUT2D eigenvalue weighted by molar-refractivity contribution is 5.94. The first-order chi connectivity index (χ1) is 7.65. The minimum absolute atomic E-state index is 0.107. The maximum Gasteiger partial charge on any atom is 0.229 e. The van der Waals surface area contributed by atoms with Gasteiger partial charge in [-0.2, -0.15) is 0 Å². The maximum absolute atomic E-state index is 11.9. The minimum Gasteiger partial charge on any atom is -0.381 e. The number of imide groups is 1. The van der Waals surface area contributed by atoms with E-state index in [0.29, 0.717) is 25.4 Å². The predicted octanol–water partition coefficient (Wildman–Crippen LogP) is 0.137. The lowest BCUT2D eigenvalue weighted by Crippen LogP contribution is -2.40. The molecule has 0 spiro atoms. The second-order valence-corrected chi connectivity index (χ2v) is 4.11. The van der Waals surface area contributed by atoms with Crippen LogP contribution >= 0.6 is 0 Å². The number of rotatable bonds is 4. The number of hydrogen-bond donors (Lipinski definition) is 1. The zero-order valence-corrected chi connectivity index (χ0v) is 9.78. The molecule has 2 N–H and O–H groups in total. The molecule has 0 aliphatic carbocycles. The molecule has 0 atom stereocenters. The van der Waals surface area contributed by atoms with Crippen molar-refractivity contribution in [2.45, 2.75) is 26.2 Å². The van der Waals surface area contributed by atoms with Crippen molar-refractivity contribution in [3.8, 4) is 0 Å². The first-order valence-corrected chi connectivity index (χ1v) is 5.74. The summed E-state index contributed by atoms with van der Waals surface area (Å²) in [5.74, 6) is 0.0215. The molecule has 0 radical (unpaired) electrons. The summed E-state index contributed by atoms with van der Waals surface area (Å²) in [6.45, 7) is 3.47. The lowest BCUT2D eigenvalue weighted by molar-refractivity contribution is -0.144. The van der Waals surface area contributed by atoms with E-state index in [1.165, 1.54) is 11.8 Å². The number of hydrogen-bond acceptors (Lipinski definition) is 4. The van der Waals surface area contributed by atoms with Gasteiger partial charge in [-0.25, -0.2) is 0 Å². The van der Waals surface area contributed by atoms with Crippen LogP contribution in [0.1, 0.15) is 26.2 Å². The molecule has 2 amide bonds. The molecule has 0 aromatic carbocycles. The van der Waals surface area contributed by atoms with Crippen molar-refractivity contribution in [3.05, 3.63) is 0 Å². The highest BCUT2D eigenvalue weighted by Crippen LogP contribution is 2.19. The molecule has 1 fully saturated rings. The Morgan fingerprint density at radius 2 is 2.00 bits per heavy atom. The van der Waals surface area contributed by atoms with Gasteiger partial charge in [0, 0.05) is 39.6 Å². The fraction of sp³-hybridized carbons (Fsp3) is 0.818. The molecule has 92 valence electrons. The second-order valence-electron chi connectivity index (χ2n) is 4.11. The number of nitrogens with two attached hydrogens (primary N) is 1. The molecule has 1 saturated heterocycles. The summed E-state index contributed by atoms with van der Waals surface area (Å²) in [6.07, 6.45) is 2.24. The van der Waals surface area contributed by atoms with E-state index in [0.717, 1.165) is 26.1 Å². The molecular formula is C11H20N2O3. The van der Waals surface area contributed by atoms with Gasteiger partial charge in [-0.15, -0.1) is 0 Å². The third-order valence-electron chi connectivity index (χ3n) is 2.84. The van der Waals surface area contributed by atoms with Crippen LogP contribution in [0.4, 0.5) is 0 Å². The number of nitrogens with zero attached hydrogens (tertiary/aromatic N) is 1. The fourth-order valence-electron chi connectivity index (χ4n) is 1.89. The van der Waals surface area contributed by atoms with Crippen LogP contribution < -0.4 is 5.73 Å². The highest BCUT2D eigenvalue weighted by atomic mass is 16.5. The van der Waals surface area contributed by atoms with Gasteiger partial charge in [-0.05, 0) is 18.8 Å². The van der Waals surface area contributed by atoms with Gasteiger partial charge in [0.25, 0.3) is 0 Å². The molecule has 0 saturated carbocycles. The quantitative estimate of drug-likeness (QED) is 0.742. The number of carbonyl (C=O) groups is 2. The van der Waals surface area contributed by atoms with Crippen molar-refractivity contribution in [2.24, 2.45) is 11.7 Å². The summed E-state index contributed by atoms with van der Waals surface area (Å²) in [5.41, 5.74) is 5.37. The predicted molar refractivity (Wildman–Crippen MR) is 59.6 cm³/mol. The maximum atomic E-state index is 11.9. The molecular weight excluding hydrogens is 208 g/mol. The van der Waals surface area contributed by atoms with Gasteiger partial charge in [0.15, 0.2) is 0 Å². The molecule has 1 heterocycles. The van der Waals surface area contributed by atoms with Gasteiger partial charge in [-0.1, -0.05) is 0 Å². The molecule has 1 aliphatic rings. The van der Waals surface area contributed by atoms with Crippen molar-refractivity contribution in [1.82, 2.24) is 4.90 Å². The van der Waals surface area contributed by atoms with Gasteiger partial charge >= 0.3 is 0 Å². The molecule has 5 nitrogen and oxygen atoms in total. The van der Waals surface area contributed by atoms with Crippen LogP contribution in [0.25, 0.3) is 0 Å². The van der Waals surface area contributed by atoms with Crippen LogP contribution in [-0.4, -0.2) is 43.0 Å². The van der Waals surface area contributed by atoms with Crippen molar-refractivity contribution < 1.29 is 14.3 Å². The Labute approximate surface area is 95.9 Å². The standard InChI is InChI=1S/C11H20N2O3/c1-9(14)13(5-4-12)11(15)8-10-2-6-16-7-3-10/h10H,2-8,12H2,1H3. The summed E-state index contributed by atoms with van der Waals surface area (Å²) in [7, 11) is 0. The van der Waals surface area contributed by atoms with Crippen LogP contribution in [-0.2, 0) is 14.3 Å². The Morgan fingerprint density at radius 1 is 1.38 bits per heavy atom. The summed E-state index contributed by atoms with van der Waals surface area (Å²) in [4.78, 5) is 24.3. The SMILES string of the molecule is CC(=O)N(CCN)C(=O)CC1CCOCC1. The molecule has 0 aromatic heterocycles. The largest absolute Gasteiger partial charge is 0.381 e. The average molecular weight is 228 g/mol. The van der Waals surface area contributed by atoms with E-state index in [-0.39, 0.29) is 11.8 Å². The molecule has 16 heavy (non-hydrogen) atoms. The summed E-state index contributed by atoms with van der Waals surface area (Å²) >= 11 is 0. The van der Waals surface area contributed by atoms with Crippen molar-refractivity contribution in [2.75, 3.05) is 26.3 Å². The van der Waals surface area contributed by atoms with Gasteiger partial charge < -0.3 is 10.5 Å². The Bertz CT molecular complexity index is 250. The van der Waals surface area contributed by atoms with E-state index in [1.807, 2.05) is 0 Å². The summed E-state index contributed by atoms with van der Waals surface area (Å²) in [5, 5.41) is 0. The molecule has 0 aromatic rings. The topological polar surface area (TPSA) is 72.6 Å². The minimum atomic E-state index is -0.220. The van der Waals surface area contributed by atoms with E-state index in [9.17, 15) is 9.59 Å². The third kappa shape index (κ3) is 3.90. The molecule has 1 aliphatic heterocycles. The fourth-order valence-corrected chi connectivity index (χ4v) is 1.89. The number of ether oxygens (including phenoxy) is 1. The molecule has 1 rings (SSSR count). The Balaban J connectivity index is 2.44. The summed E-state index contributed by atoms with van der Waals surface area (Å²) in [6, 6.07) is 0. The first kappa shape index (κ1) is 13.1. The van der Waals surface area contributed by atoms with E-state index in [1.54, 1.807) is 0 Å². The number of amides is 2. The Hall–Kier alpha value is -0.940. The first-order valence-electron chi connectivity index (χ1n) is 5.74. The van der Waals surface area contributed by atoms with Gasteiger partial charge in [0.1, 0.15) is 0 Å². The molecule has 0 unspecified atom stereocenters. The average Bonchev–Trinajstić information content (AvgIpc) is 2.26. The normalized spacial score (nSPS) is 17.1. The Kier molecular flexibility index (Phi) is 5.42. The van der Waals surface area contributed by atoms with E-state index >= 15 is 0 Å². The van der Waals surface area contributed by atoms with Crippen molar-refractivity contribution in [3.63, 3.8) is 0 Å². The lowest BCUT2D eigenvalue weighted by Gasteiger charge is -2.24. The van der Waals surface area contributed by atoms with Gasteiger partial charge in [-0.3, -0.25) is 14.5 Å². The zero-order valence-electron chi connectivity index (χ0n) is 9.78. The van der Waals surface area contributed by atoms with Crippen LogP contribution in [0.2, 0.25) is 0 Å². The smallest absolute Gasteiger partial charge is 0.229 e. The Morgan fingerprint density at radius 3 is 2.50 bits per heavy atom. The van der Waals surface area contributed by atoms with Crippen LogP contribution in [0, 0.1) is 5.92 Å². The lowest BCUT2D eigenvalue weighted by atomic mass is 9.96. The third-order valence-corrected chi connectivity index (χ3v) is 2.84. The van der Waals surface area contributed by atoms with Gasteiger partial charge in [0.05, 0.1) is 0 Å². The monoisotopic (exact) mass is 228 g/mol. The zero-order chi connectivity index (χ0) is 12.0. The van der Waals surface area contributed by atoms with Crippen molar-refractivity contribution >= 4 is 11.8 Å². The van der Waals surface area contributed by atoms with Crippen LogP contribution in [0.5, 0.6) is 0 Å². The van der Waals surface area contributed by atoms with E-state index in [2.05, 4.69) is 0 Å². The van der Waals surface area contributed by atoms with E-state index in [4.69, 9.17) is 10.5 Å². The second kappa shape index (κ2) is 6.60. The molecule has 0 bridgehead atoms. The summed E-state index contributed by atoms with van der Waals surface area (Å²) < 4.78 is 5.22. The van der Waals surface area contributed by atoms with Crippen LogP contribution in [0.15, 0.2) is 0 Å². The van der Waals surface area contributed by atoms with Crippen molar-refractivity contribution in [1.29, 1.82) is 0 Å². The number of carbonyl (C=O) groups excluding carboxylic acids is 2. The van der Waals surface area contributed by atoms with Gasteiger partial charge in [0.2, 0.25) is 11.8 Å². The van der Waals surface area contributed by atoms with E-state index < -0.39 is 0 Å².